The molecule has 0 saturated carbocycles. The van der Waals surface area contributed by atoms with Gasteiger partial charge in [0.2, 0.25) is 0 Å². The molecule has 1 aliphatic rings. The van der Waals surface area contributed by atoms with Gasteiger partial charge in [-0.2, -0.15) is 0 Å². The van der Waals surface area contributed by atoms with Gasteiger partial charge >= 0.3 is 0 Å². The van der Waals surface area contributed by atoms with Crippen LogP contribution >= 0.6 is 0 Å². The molecule has 0 radical (unpaired) electrons. The number of pyridine rings is 1. The van der Waals surface area contributed by atoms with E-state index in [4.69, 9.17) is 10.5 Å². The van der Waals surface area contributed by atoms with E-state index >= 15 is 0 Å². The topological polar surface area (TPSA) is 51.4 Å². The van der Waals surface area contributed by atoms with E-state index in [1.165, 1.54) is 0 Å². The molecule has 0 amide bonds. The lowest BCUT2D eigenvalue weighted by Gasteiger charge is -2.29. The molecule has 1 saturated heterocycles. The monoisotopic (exact) mass is 249 g/mol. The average molecular weight is 249 g/mol. The fraction of sp³-hybridized carbons (Fsp3) is 0.643. The third kappa shape index (κ3) is 3.21. The summed E-state index contributed by atoms with van der Waals surface area (Å²) >= 11 is 0. The summed E-state index contributed by atoms with van der Waals surface area (Å²) in [6, 6.07) is 4.03. The summed E-state index contributed by atoms with van der Waals surface area (Å²) in [4.78, 5) is 6.71. The van der Waals surface area contributed by atoms with Crippen molar-refractivity contribution in [3.63, 3.8) is 0 Å². The maximum Gasteiger partial charge on any atom is 0.133 e. The first-order chi connectivity index (χ1) is 8.68. The second-order valence-electron chi connectivity index (χ2n) is 5.14. The molecule has 2 heterocycles. The molecule has 4 heteroatoms. The van der Waals surface area contributed by atoms with Gasteiger partial charge in [0.25, 0.3) is 0 Å². The zero-order valence-corrected chi connectivity index (χ0v) is 11.3. The molecule has 2 N–H and O–H groups in total. The normalized spacial score (nSPS) is 18.6. The minimum Gasteiger partial charge on any atom is -0.381 e. The van der Waals surface area contributed by atoms with E-state index in [-0.39, 0.29) is 6.04 Å². The minimum absolute atomic E-state index is 0.0193. The van der Waals surface area contributed by atoms with E-state index in [1.54, 1.807) is 0 Å². The van der Waals surface area contributed by atoms with Crippen molar-refractivity contribution < 1.29 is 4.74 Å². The van der Waals surface area contributed by atoms with Crippen LogP contribution in [0.4, 0.5) is 5.82 Å². The highest BCUT2D eigenvalue weighted by atomic mass is 16.5. The van der Waals surface area contributed by atoms with Crippen LogP contribution < -0.4 is 10.6 Å². The van der Waals surface area contributed by atoms with Crippen molar-refractivity contribution in [2.24, 2.45) is 11.7 Å². The lowest BCUT2D eigenvalue weighted by atomic mass is 9.99. The Balaban J connectivity index is 2.05. The fourth-order valence-corrected chi connectivity index (χ4v) is 2.49. The van der Waals surface area contributed by atoms with Crippen molar-refractivity contribution >= 4 is 5.82 Å². The molecular formula is C14H23N3O. The van der Waals surface area contributed by atoms with Crippen molar-refractivity contribution in [2.45, 2.75) is 25.8 Å². The molecule has 1 fully saturated rings. The van der Waals surface area contributed by atoms with Crippen LogP contribution in [0.25, 0.3) is 0 Å². The number of nitrogens with zero attached hydrogens (tertiary/aromatic N) is 2. The summed E-state index contributed by atoms with van der Waals surface area (Å²) in [7, 11) is 2.10. The van der Waals surface area contributed by atoms with Gasteiger partial charge in [-0.25, -0.2) is 4.98 Å². The number of hydrogen-bond donors (Lipinski definition) is 1. The summed E-state index contributed by atoms with van der Waals surface area (Å²) in [6.45, 7) is 4.81. The van der Waals surface area contributed by atoms with E-state index in [9.17, 15) is 0 Å². The fourth-order valence-electron chi connectivity index (χ4n) is 2.49. The Bertz CT molecular complexity index is 375. The lowest BCUT2D eigenvalue weighted by molar-refractivity contribution is 0.0685. The van der Waals surface area contributed by atoms with Gasteiger partial charge in [-0.3, -0.25) is 0 Å². The second-order valence-corrected chi connectivity index (χ2v) is 5.14. The molecule has 0 bridgehead atoms. The summed E-state index contributed by atoms with van der Waals surface area (Å²) in [5.41, 5.74) is 7.12. The van der Waals surface area contributed by atoms with Crippen molar-refractivity contribution in [1.29, 1.82) is 0 Å². The van der Waals surface area contributed by atoms with Gasteiger partial charge < -0.3 is 15.4 Å². The van der Waals surface area contributed by atoms with Crippen LogP contribution in [0.5, 0.6) is 0 Å². The molecular weight excluding hydrogens is 226 g/mol. The molecule has 1 aromatic heterocycles. The summed E-state index contributed by atoms with van der Waals surface area (Å²) < 4.78 is 5.39. The van der Waals surface area contributed by atoms with Gasteiger partial charge in [-0.1, -0.05) is 6.07 Å². The predicted molar refractivity (Wildman–Crippen MR) is 73.7 cm³/mol. The highest BCUT2D eigenvalue weighted by molar-refractivity contribution is 5.47. The molecule has 4 nitrogen and oxygen atoms in total. The first-order valence-electron chi connectivity index (χ1n) is 6.68. The van der Waals surface area contributed by atoms with Crippen LogP contribution in [0.1, 0.15) is 31.4 Å². The summed E-state index contributed by atoms with van der Waals surface area (Å²) in [6.07, 6.45) is 4.12. The van der Waals surface area contributed by atoms with Gasteiger partial charge in [-0.05, 0) is 31.7 Å². The highest BCUT2D eigenvalue weighted by Gasteiger charge is 2.18. The maximum absolute atomic E-state index is 6.00. The van der Waals surface area contributed by atoms with E-state index < -0.39 is 0 Å². The van der Waals surface area contributed by atoms with Crippen molar-refractivity contribution in [3.05, 3.63) is 23.9 Å². The Labute approximate surface area is 109 Å². The van der Waals surface area contributed by atoms with Crippen molar-refractivity contribution in [2.75, 3.05) is 31.7 Å². The third-order valence-corrected chi connectivity index (χ3v) is 3.54. The quantitative estimate of drug-likeness (QED) is 0.886. The van der Waals surface area contributed by atoms with Crippen LogP contribution in [0.3, 0.4) is 0 Å². The Morgan fingerprint density at radius 3 is 2.89 bits per heavy atom. The van der Waals surface area contributed by atoms with Gasteiger partial charge in [0.15, 0.2) is 0 Å². The van der Waals surface area contributed by atoms with E-state index in [1.807, 2.05) is 19.2 Å². The molecule has 100 valence electrons. The Morgan fingerprint density at radius 2 is 2.22 bits per heavy atom. The second kappa shape index (κ2) is 6.16. The molecule has 0 aromatic carbocycles. The molecule has 0 spiro atoms. The van der Waals surface area contributed by atoms with Crippen molar-refractivity contribution in [1.82, 2.24) is 4.98 Å². The summed E-state index contributed by atoms with van der Waals surface area (Å²) in [5, 5.41) is 0. The molecule has 0 unspecified atom stereocenters. The molecule has 0 aliphatic carbocycles. The molecule has 1 aromatic rings. The largest absolute Gasteiger partial charge is 0.381 e. The van der Waals surface area contributed by atoms with Gasteiger partial charge in [0.1, 0.15) is 5.82 Å². The van der Waals surface area contributed by atoms with Crippen LogP contribution in [0.15, 0.2) is 18.3 Å². The number of rotatable bonds is 4. The minimum atomic E-state index is 0.0193. The Hall–Kier alpha value is -1.13. The van der Waals surface area contributed by atoms with Crippen LogP contribution in [0, 0.1) is 5.92 Å². The number of nitrogens with two attached hydrogens (primary N) is 1. The number of ether oxygens (including phenoxy) is 1. The lowest BCUT2D eigenvalue weighted by Crippen LogP contribution is -2.31. The van der Waals surface area contributed by atoms with Crippen molar-refractivity contribution in [3.8, 4) is 0 Å². The predicted octanol–water partition coefficient (Wildman–Crippen LogP) is 1.96. The number of hydrogen-bond acceptors (Lipinski definition) is 4. The van der Waals surface area contributed by atoms with Gasteiger partial charge in [0, 0.05) is 44.6 Å². The van der Waals surface area contributed by atoms with Gasteiger partial charge in [-0.15, -0.1) is 0 Å². The van der Waals surface area contributed by atoms with E-state index in [2.05, 4.69) is 23.0 Å². The standard InChI is InChI=1S/C14H23N3O/c1-11(15)13-4-3-7-16-14(13)17(2)10-12-5-8-18-9-6-12/h3-4,7,11-12H,5-6,8-10,15H2,1-2H3/t11-/m1/s1. The molecule has 18 heavy (non-hydrogen) atoms. The Kier molecular flexibility index (Phi) is 4.55. The van der Waals surface area contributed by atoms with Gasteiger partial charge in [0.05, 0.1) is 0 Å². The number of aromatic nitrogens is 1. The number of anilines is 1. The Morgan fingerprint density at radius 1 is 1.50 bits per heavy atom. The smallest absolute Gasteiger partial charge is 0.133 e. The average Bonchev–Trinajstić information content (AvgIpc) is 2.40. The van der Waals surface area contributed by atoms with Crippen LogP contribution in [-0.2, 0) is 4.74 Å². The maximum atomic E-state index is 6.00. The molecule has 1 atom stereocenters. The van der Waals surface area contributed by atoms with Crippen LogP contribution in [-0.4, -0.2) is 31.8 Å². The first kappa shape index (κ1) is 13.3. The van der Waals surface area contributed by atoms with E-state index in [0.29, 0.717) is 5.92 Å². The highest BCUT2D eigenvalue weighted by Crippen LogP contribution is 2.24. The van der Waals surface area contributed by atoms with Crippen LogP contribution in [0.2, 0.25) is 0 Å². The third-order valence-electron chi connectivity index (χ3n) is 3.54. The zero-order chi connectivity index (χ0) is 13.0. The molecule has 2 rings (SSSR count). The first-order valence-corrected chi connectivity index (χ1v) is 6.68. The van der Waals surface area contributed by atoms with E-state index in [0.717, 1.165) is 44.0 Å². The zero-order valence-electron chi connectivity index (χ0n) is 11.3. The summed E-state index contributed by atoms with van der Waals surface area (Å²) in [5.74, 6) is 1.71. The molecule has 1 aliphatic heterocycles. The SMILES string of the molecule is C[C@@H](N)c1cccnc1N(C)CC1CCOCC1.